The van der Waals surface area contributed by atoms with Gasteiger partial charge in [0.05, 0.1) is 5.60 Å². The van der Waals surface area contributed by atoms with E-state index in [4.69, 9.17) is 9.78 Å². The van der Waals surface area contributed by atoms with Crippen molar-refractivity contribution in [1.29, 1.82) is 0 Å². The van der Waals surface area contributed by atoms with E-state index in [0.717, 1.165) is 6.42 Å². The van der Waals surface area contributed by atoms with Gasteiger partial charge in [0.1, 0.15) is 5.60 Å². The lowest BCUT2D eigenvalue weighted by atomic mass is 9.43. The monoisotopic (exact) mass is 349 g/mol. The van der Waals surface area contributed by atoms with Gasteiger partial charge in [-0.05, 0) is 58.3 Å². The second-order valence-corrected chi connectivity index (χ2v) is 9.29. The molecule has 3 fully saturated rings. The molecule has 3 saturated carbocycles. The fraction of sp³-hybridized carbons (Fsp3) is 0.800. The highest BCUT2D eigenvalue weighted by Gasteiger charge is 2.67. The molecular weight excluding hydrogens is 318 g/mol. The summed E-state index contributed by atoms with van der Waals surface area (Å²) >= 11 is 0. The summed E-state index contributed by atoms with van der Waals surface area (Å²) in [7, 11) is 0. The van der Waals surface area contributed by atoms with E-state index >= 15 is 0 Å². The number of carbonyl (C=O) groups is 2. The van der Waals surface area contributed by atoms with Crippen LogP contribution in [0.15, 0.2) is 11.6 Å². The minimum absolute atomic E-state index is 0.128. The van der Waals surface area contributed by atoms with Crippen molar-refractivity contribution in [3.8, 4) is 0 Å². The van der Waals surface area contributed by atoms with Crippen LogP contribution in [0.4, 0.5) is 0 Å². The smallest absolute Gasteiger partial charge is 0.256 e. The van der Waals surface area contributed by atoms with Gasteiger partial charge >= 0.3 is 0 Å². The average molecular weight is 349 g/mol. The number of hydrogen-bond donors (Lipinski definition) is 0. The Morgan fingerprint density at radius 3 is 2.48 bits per heavy atom. The fourth-order valence-corrected chi connectivity index (χ4v) is 4.77. The number of carbonyl (C=O) groups excluding carboxylic acids is 2. The lowest BCUT2D eigenvalue weighted by Gasteiger charge is -2.66. The summed E-state index contributed by atoms with van der Waals surface area (Å²) in [6, 6.07) is 0. The van der Waals surface area contributed by atoms with Gasteiger partial charge in [0, 0.05) is 23.6 Å². The van der Waals surface area contributed by atoms with Gasteiger partial charge in [0.2, 0.25) is 0 Å². The third kappa shape index (κ3) is 2.85. The topological polar surface area (TPSA) is 55.8 Å². The van der Waals surface area contributed by atoms with Crippen LogP contribution in [0.25, 0.3) is 0 Å². The zero-order chi connectivity index (χ0) is 18.6. The predicted molar refractivity (Wildman–Crippen MR) is 94.4 cm³/mol. The summed E-state index contributed by atoms with van der Waals surface area (Å²) in [5.74, 6) is 0.743. The Balaban J connectivity index is 1.57. The standard InChI is InChI=1S/C20H31NO4/c1-13-11-16(22)21(17(13)23)10-9-18(3,4)24-25-20-12-15(19(20,5)6)8-7-14(20)2/h11,14-15H,7-10,12H2,1-6H3. The van der Waals surface area contributed by atoms with Crippen molar-refractivity contribution in [3.63, 3.8) is 0 Å². The van der Waals surface area contributed by atoms with Crippen LogP contribution in [0, 0.1) is 17.3 Å². The van der Waals surface area contributed by atoms with Crippen LogP contribution in [0.5, 0.6) is 0 Å². The Hall–Kier alpha value is -1.20. The van der Waals surface area contributed by atoms with Crippen LogP contribution >= 0.6 is 0 Å². The third-order valence-corrected chi connectivity index (χ3v) is 6.95. The van der Waals surface area contributed by atoms with Gasteiger partial charge in [-0.3, -0.25) is 14.5 Å². The largest absolute Gasteiger partial charge is 0.275 e. The maximum absolute atomic E-state index is 12.0. The Kier molecular flexibility index (Phi) is 4.40. The zero-order valence-corrected chi connectivity index (χ0v) is 16.3. The van der Waals surface area contributed by atoms with Crippen molar-refractivity contribution in [3.05, 3.63) is 11.6 Å². The van der Waals surface area contributed by atoms with E-state index in [1.807, 2.05) is 13.8 Å². The molecule has 4 aliphatic rings. The Morgan fingerprint density at radius 2 is 1.96 bits per heavy atom. The van der Waals surface area contributed by atoms with E-state index in [0.29, 0.717) is 30.4 Å². The summed E-state index contributed by atoms with van der Waals surface area (Å²) < 4.78 is 0. The van der Waals surface area contributed by atoms with Crippen LogP contribution in [0.2, 0.25) is 0 Å². The molecule has 0 saturated heterocycles. The highest BCUT2D eigenvalue weighted by atomic mass is 17.2. The number of nitrogens with zero attached hydrogens (tertiary/aromatic N) is 1. The average Bonchev–Trinajstić information content (AvgIpc) is 2.76. The van der Waals surface area contributed by atoms with E-state index in [2.05, 4.69) is 20.8 Å². The summed E-state index contributed by atoms with van der Waals surface area (Å²) in [6.07, 6.45) is 5.45. The molecule has 0 aromatic heterocycles. The molecule has 0 radical (unpaired) electrons. The molecule has 0 N–H and O–H groups in total. The van der Waals surface area contributed by atoms with Crippen LogP contribution in [0.1, 0.15) is 67.2 Å². The highest BCUT2D eigenvalue weighted by molar-refractivity contribution is 6.15. The fourth-order valence-electron chi connectivity index (χ4n) is 4.77. The van der Waals surface area contributed by atoms with Gasteiger partial charge in [-0.2, -0.15) is 0 Å². The van der Waals surface area contributed by atoms with Gasteiger partial charge in [-0.25, -0.2) is 9.78 Å². The second-order valence-electron chi connectivity index (χ2n) is 9.29. The molecule has 1 aliphatic heterocycles. The predicted octanol–water partition coefficient (Wildman–Crippen LogP) is 3.63. The molecule has 3 atom stereocenters. The molecule has 25 heavy (non-hydrogen) atoms. The first-order chi connectivity index (χ1) is 11.5. The van der Waals surface area contributed by atoms with Crippen molar-refractivity contribution in [2.75, 3.05) is 6.54 Å². The summed E-state index contributed by atoms with van der Waals surface area (Å²) in [5, 5.41) is 0. The molecule has 3 unspecified atom stereocenters. The van der Waals surface area contributed by atoms with Gasteiger partial charge in [-0.1, -0.05) is 20.8 Å². The van der Waals surface area contributed by atoms with E-state index in [1.54, 1.807) is 6.92 Å². The molecule has 2 bridgehead atoms. The molecule has 4 rings (SSSR count). The van der Waals surface area contributed by atoms with Crippen molar-refractivity contribution in [2.24, 2.45) is 17.3 Å². The Labute approximate surface area is 150 Å². The van der Waals surface area contributed by atoms with Crippen molar-refractivity contribution in [1.82, 2.24) is 4.90 Å². The van der Waals surface area contributed by atoms with E-state index < -0.39 is 5.60 Å². The van der Waals surface area contributed by atoms with Crippen molar-refractivity contribution >= 4 is 11.8 Å². The number of fused-ring (bicyclic) bond motifs is 2. The number of amides is 2. The molecule has 2 amide bonds. The summed E-state index contributed by atoms with van der Waals surface area (Å²) in [6.45, 7) is 12.7. The van der Waals surface area contributed by atoms with Crippen molar-refractivity contribution < 1.29 is 19.4 Å². The Bertz CT molecular complexity index is 621. The van der Waals surface area contributed by atoms with Crippen LogP contribution in [0.3, 0.4) is 0 Å². The molecule has 140 valence electrons. The normalized spacial score (nSPS) is 34.2. The first kappa shape index (κ1) is 18.6. The molecule has 3 aliphatic carbocycles. The second kappa shape index (κ2) is 5.92. The first-order valence-electron chi connectivity index (χ1n) is 9.41. The molecule has 1 heterocycles. The summed E-state index contributed by atoms with van der Waals surface area (Å²) in [4.78, 5) is 37.2. The third-order valence-electron chi connectivity index (χ3n) is 6.95. The van der Waals surface area contributed by atoms with Crippen LogP contribution in [-0.4, -0.2) is 34.5 Å². The van der Waals surface area contributed by atoms with E-state index in [1.165, 1.54) is 23.8 Å². The van der Waals surface area contributed by atoms with Gasteiger partial charge in [-0.15, -0.1) is 0 Å². The molecular formula is C20H31NO4. The van der Waals surface area contributed by atoms with Crippen LogP contribution < -0.4 is 0 Å². The molecule has 5 heteroatoms. The molecule has 0 spiro atoms. The number of hydrogen-bond acceptors (Lipinski definition) is 4. The SMILES string of the molecule is CC1=CC(=O)N(CCC(C)(C)OOC23CC(CCC2C)C3(C)C)C1=O. The van der Waals surface area contributed by atoms with Gasteiger partial charge in [0.15, 0.2) is 0 Å². The number of rotatable bonds is 6. The lowest BCUT2D eigenvalue weighted by Crippen LogP contribution is -2.68. The molecule has 0 aromatic rings. The quantitative estimate of drug-likeness (QED) is 0.417. The molecule has 5 nitrogen and oxygen atoms in total. The van der Waals surface area contributed by atoms with E-state index in [-0.39, 0.29) is 22.8 Å². The first-order valence-corrected chi connectivity index (χ1v) is 9.41. The number of imide groups is 1. The zero-order valence-electron chi connectivity index (χ0n) is 16.3. The van der Waals surface area contributed by atoms with Gasteiger partial charge < -0.3 is 0 Å². The maximum Gasteiger partial charge on any atom is 0.256 e. The summed E-state index contributed by atoms with van der Waals surface area (Å²) in [5.41, 5.74) is -0.158. The minimum Gasteiger partial charge on any atom is -0.275 e. The molecule has 0 aromatic carbocycles. The van der Waals surface area contributed by atoms with Gasteiger partial charge in [0.25, 0.3) is 11.8 Å². The Morgan fingerprint density at radius 1 is 1.28 bits per heavy atom. The minimum atomic E-state index is -0.565. The van der Waals surface area contributed by atoms with Crippen LogP contribution in [-0.2, 0) is 19.4 Å². The lowest BCUT2D eigenvalue weighted by molar-refractivity contribution is -0.472. The van der Waals surface area contributed by atoms with E-state index in [9.17, 15) is 9.59 Å². The maximum atomic E-state index is 12.0. The van der Waals surface area contributed by atoms with Crippen molar-refractivity contribution in [2.45, 2.75) is 78.4 Å². The highest BCUT2D eigenvalue weighted by Crippen LogP contribution is 2.66.